The van der Waals surface area contributed by atoms with E-state index < -0.39 is 0 Å². The van der Waals surface area contributed by atoms with Gasteiger partial charge in [0.2, 0.25) is 0 Å². The highest BCUT2D eigenvalue weighted by Crippen LogP contribution is 2.31. The first-order valence-corrected chi connectivity index (χ1v) is 8.66. The zero-order chi connectivity index (χ0) is 14.7. The molecule has 0 N–H and O–H groups in total. The Bertz CT molecular complexity index is 585. The second-order valence-electron chi connectivity index (χ2n) is 6.40. The van der Waals surface area contributed by atoms with Crippen molar-refractivity contribution in [2.45, 2.75) is 52.0 Å². The van der Waals surface area contributed by atoms with Gasteiger partial charge in [-0.2, -0.15) is 0 Å². The van der Waals surface area contributed by atoms with E-state index in [1.165, 1.54) is 37.6 Å². The van der Waals surface area contributed by atoms with E-state index in [1.807, 2.05) is 12.4 Å². The maximum absolute atomic E-state index is 5.93. The van der Waals surface area contributed by atoms with E-state index in [1.54, 1.807) is 0 Å². The molecule has 0 unspecified atom stereocenters. The van der Waals surface area contributed by atoms with E-state index in [0.29, 0.717) is 5.88 Å². The highest BCUT2D eigenvalue weighted by molar-refractivity contribution is 6.17. The normalized spacial score (nSPS) is 22.8. The van der Waals surface area contributed by atoms with Gasteiger partial charge >= 0.3 is 0 Å². The Labute approximate surface area is 131 Å². The predicted molar refractivity (Wildman–Crippen MR) is 87.7 cm³/mol. The van der Waals surface area contributed by atoms with Crippen molar-refractivity contribution in [2.75, 3.05) is 5.88 Å². The number of rotatable bonds is 5. The zero-order valence-corrected chi connectivity index (χ0v) is 13.5. The van der Waals surface area contributed by atoms with Crippen molar-refractivity contribution in [1.29, 1.82) is 0 Å². The van der Waals surface area contributed by atoms with Gasteiger partial charge in [0.15, 0.2) is 0 Å². The first-order chi connectivity index (χ1) is 10.3. The monoisotopic (exact) mass is 305 g/mol. The number of fused-ring (bicyclic) bond motifs is 1. The summed E-state index contributed by atoms with van der Waals surface area (Å²) in [4.78, 5) is 8.87. The number of nitrogens with zero attached hydrogens (tertiary/aromatic N) is 3. The topological polar surface area (TPSA) is 30.7 Å². The minimum absolute atomic E-state index is 0.623. The van der Waals surface area contributed by atoms with Gasteiger partial charge < -0.3 is 4.57 Å². The van der Waals surface area contributed by atoms with Crippen LogP contribution in [0.25, 0.3) is 11.0 Å². The minimum Gasteiger partial charge on any atom is -0.328 e. The first kappa shape index (κ1) is 14.8. The Kier molecular flexibility index (Phi) is 4.79. The fourth-order valence-corrected chi connectivity index (χ4v) is 3.65. The number of halogens is 1. The largest absolute Gasteiger partial charge is 0.328 e. The van der Waals surface area contributed by atoms with Crippen molar-refractivity contribution in [3.05, 3.63) is 24.3 Å². The molecule has 0 bridgehead atoms. The van der Waals surface area contributed by atoms with Crippen LogP contribution >= 0.6 is 11.6 Å². The molecular weight excluding hydrogens is 282 g/mol. The van der Waals surface area contributed by atoms with Gasteiger partial charge in [0, 0.05) is 25.0 Å². The highest BCUT2D eigenvalue weighted by Gasteiger charge is 2.19. The molecule has 0 spiro atoms. The molecule has 0 aromatic carbocycles. The van der Waals surface area contributed by atoms with Crippen molar-refractivity contribution in [1.82, 2.24) is 14.5 Å². The van der Waals surface area contributed by atoms with Crippen LogP contribution in [-0.4, -0.2) is 20.4 Å². The molecule has 0 amide bonds. The number of aryl methyl sites for hydroxylation is 2. The molecule has 1 aliphatic carbocycles. The Morgan fingerprint density at radius 3 is 2.86 bits per heavy atom. The maximum atomic E-state index is 5.93. The van der Waals surface area contributed by atoms with Crippen LogP contribution in [0.2, 0.25) is 0 Å². The summed E-state index contributed by atoms with van der Waals surface area (Å²) >= 11 is 5.93. The van der Waals surface area contributed by atoms with E-state index in [4.69, 9.17) is 16.6 Å². The maximum Gasteiger partial charge on any atom is 0.111 e. The Morgan fingerprint density at radius 1 is 1.29 bits per heavy atom. The van der Waals surface area contributed by atoms with Crippen LogP contribution in [0.1, 0.15) is 44.9 Å². The molecule has 1 saturated carbocycles. The van der Waals surface area contributed by atoms with Crippen LogP contribution in [0, 0.1) is 11.8 Å². The fourth-order valence-electron chi connectivity index (χ4n) is 3.49. The van der Waals surface area contributed by atoms with Crippen molar-refractivity contribution in [2.24, 2.45) is 11.8 Å². The second kappa shape index (κ2) is 6.78. The molecule has 0 saturated heterocycles. The van der Waals surface area contributed by atoms with Gasteiger partial charge in [-0.3, -0.25) is 4.98 Å². The van der Waals surface area contributed by atoms with Crippen LogP contribution in [0.15, 0.2) is 18.5 Å². The summed E-state index contributed by atoms with van der Waals surface area (Å²) in [6.07, 6.45) is 11.4. The summed E-state index contributed by atoms with van der Waals surface area (Å²) in [6.45, 7) is 3.44. The lowest BCUT2D eigenvalue weighted by Gasteiger charge is -2.26. The summed E-state index contributed by atoms with van der Waals surface area (Å²) in [5.41, 5.74) is 2.20. The van der Waals surface area contributed by atoms with Gasteiger partial charge in [0.1, 0.15) is 11.3 Å². The average molecular weight is 306 g/mol. The number of hydrogen-bond donors (Lipinski definition) is 0. The molecule has 4 heteroatoms. The minimum atomic E-state index is 0.623. The van der Waals surface area contributed by atoms with Gasteiger partial charge in [0.05, 0.1) is 11.7 Å². The standard InChI is InChI=1S/C17H24ClN3/c1-13-2-4-14(5-3-13)8-11-21-16-7-10-19-12-15(16)20-17(21)6-9-18/h7,10,12-14H,2-6,8-9,11H2,1H3. The van der Waals surface area contributed by atoms with Gasteiger partial charge in [-0.1, -0.05) is 32.6 Å². The molecule has 0 atom stereocenters. The summed E-state index contributed by atoms with van der Waals surface area (Å²) in [6, 6.07) is 2.07. The summed E-state index contributed by atoms with van der Waals surface area (Å²) in [5, 5.41) is 0. The molecule has 3 nitrogen and oxygen atoms in total. The quantitative estimate of drug-likeness (QED) is 0.765. The van der Waals surface area contributed by atoms with E-state index in [0.717, 1.165) is 36.1 Å². The van der Waals surface area contributed by atoms with Crippen LogP contribution in [-0.2, 0) is 13.0 Å². The summed E-state index contributed by atoms with van der Waals surface area (Å²) < 4.78 is 2.36. The number of alkyl halides is 1. The van der Waals surface area contributed by atoms with E-state index in [9.17, 15) is 0 Å². The lowest BCUT2D eigenvalue weighted by molar-refractivity contribution is 0.269. The fraction of sp³-hybridized carbons (Fsp3) is 0.647. The van der Waals surface area contributed by atoms with Gasteiger partial charge in [-0.05, 0) is 24.3 Å². The van der Waals surface area contributed by atoms with Crippen molar-refractivity contribution in [3.8, 4) is 0 Å². The summed E-state index contributed by atoms with van der Waals surface area (Å²) in [5.74, 6) is 3.53. The molecule has 21 heavy (non-hydrogen) atoms. The number of aromatic nitrogens is 3. The molecule has 2 aromatic rings. The Hall–Kier alpha value is -1.09. The van der Waals surface area contributed by atoms with E-state index >= 15 is 0 Å². The lowest BCUT2D eigenvalue weighted by Crippen LogP contribution is -2.15. The van der Waals surface area contributed by atoms with Crippen LogP contribution in [0.3, 0.4) is 0 Å². The van der Waals surface area contributed by atoms with Gasteiger partial charge in [0.25, 0.3) is 0 Å². The second-order valence-corrected chi connectivity index (χ2v) is 6.78. The summed E-state index contributed by atoms with van der Waals surface area (Å²) in [7, 11) is 0. The Balaban J connectivity index is 1.74. The van der Waals surface area contributed by atoms with E-state index in [-0.39, 0.29) is 0 Å². The smallest absolute Gasteiger partial charge is 0.111 e. The molecule has 0 radical (unpaired) electrons. The highest BCUT2D eigenvalue weighted by atomic mass is 35.5. The zero-order valence-electron chi connectivity index (χ0n) is 12.8. The molecule has 114 valence electrons. The first-order valence-electron chi connectivity index (χ1n) is 8.13. The van der Waals surface area contributed by atoms with Crippen LogP contribution in [0.4, 0.5) is 0 Å². The molecule has 2 heterocycles. The van der Waals surface area contributed by atoms with Crippen molar-refractivity contribution < 1.29 is 0 Å². The predicted octanol–water partition coefficient (Wildman–Crippen LogP) is 4.43. The number of pyridine rings is 1. The van der Waals surface area contributed by atoms with Crippen LogP contribution in [0.5, 0.6) is 0 Å². The average Bonchev–Trinajstić information content (AvgIpc) is 2.85. The van der Waals surface area contributed by atoms with Gasteiger partial charge in [-0.25, -0.2) is 4.98 Å². The van der Waals surface area contributed by atoms with E-state index in [2.05, 4.69) is 22.5 Å². The van der Waals surface area contributed by atoms with Gasteiger partial charge in [-0.15, -0.1) is 11.6 Å². The third-order valence-corrected chi connectivity index (χ3v) is 5.03. The molecule has 1 fully saturated rings. The molecule has 1 aliphatic rings. The molecule has 0 aliphatic heterocycles. The molecular formula is C17H24ClN3. The molecule has 2 aromatic heterocycles. The Morgan fingerprint density at radius 2 is 2.10 bits per heavy atom. The van der Waals surface area contributed by atoms with Crippen molar-refractivity contribution in [3.63, 3.8) is 0 Å². The van der Waals surface area contributed by atoms with Crippen LogP contribution < -0.4 is 0 Å². The third-order valence-electron chi connectivity index (χ3n) is 4.84. The SMILES string of the molecule is CC1CCC(CCn2c(CCCl)nc3cnccc32)CC1. The molecule has 3 rings (SSSR count). The third kappa shape index (κ3) is 3.39. The van der Waals surface area contributed by atoms with Crippen molar-refractivity contribution >= 4 is 22.6 Å². The number of imidazole rings is 1. The lowest BCUT2D eigenvalue weighted by atomic mass is 9.81. The number of hydrogen-bond acceptors (Lipinski definition) is 2.